The van der Waals surface area contributed by atoms with Gasteiger partial charge in [0.2, 0.25) is 0 Å². The monoisotopic (exact) mass is 392 g/mol. The molecular weight excluding hydrogens is 364 g/mol. The molecule has 1 aromatic carbocycles. The number of hydrogen-bond acceptors (Lipinski definition) is 5. The Kier molecular flexibility index (Phi) is 5.03. The molecule has 29 heavy (non-hydrogen) atoms. The Labute approximate surface area is 171 Å². The molecule has 0 spiro atoms. The van der Waals surface area contributed by atoms with E-state index in [0.29, 0.717) is 5.75 Å². The number of nitrogens with one attached hydrogen (secondary N) is 1. The van der Waals surface area contributed by atoms with E-state index in [2.05, 4.69) is 20.9 Å². The molecule has 1 saturated heterocycles. The summed E-state index contributed by atoms with van der Waals surface area (Å²) in [7, 11) is 0. The third-order valence-corrected chi connectivity index (χ3v) is 5.21. The van der Waals surface area contributed by atoms with Gasteiger partial charge in [0.15, 0.2) is 5.82 Å². The summed E-state index contributed by atoms with van der Waals surface area (Å²) in [5.74, 6) is 2.09. The first kappa shape index (κ1) is 19.4. The highest BCUT2D eigenvalue weighted by Gasteiger charge is 2.24. The summed E-state index contributed by atoms with van der Waals surface area (Å²) >= 11 is 0. The van der Waals surface area contributed by atoms with E-state index in [9.17, 15) is 4.79 Å². The van der Waals surface area contributed by atoms with Crippen molar-refractivity contribution in [3.63, 3.8) is 0 Å². The van der Waals surface area contributed by atoms with Gasteiger partial charge in [-0.05, 0) is 82.9 Å². The fourth-order valence-corrected chi connectivity index (χ4v) is 3.56. The Bertz CT molecular complexity index is 1030. The van der Waals surface area contributed by atoms with Crippen LogP contribution in [0, 0.1) is 12.3 Å². The number of rotatable bonds is 3. The lowest BCUT2D eigenvalue weighted by Crippen LogP contribution is -2.30. The van der Waals surface area contributed by atoms with Crippen LogP contribution in [0.25, 0.3) is 22.3 Å². The molecule has 0 atom stereocenters. The zero-order valence-corrected chi connectivity index (χ0v) is 17.6. The lowest BCUT2D eigenvalue weighted by Gasteiger charge is -2.28. The van der Waals surface area contributed by atoms with Gasteiger partial charge >= 0.3 is 5.97 Å². The van der Waals surface area contributed by atoms with E-state index in [4.69, 9.17) is 9.72 Å². The zero-order valence-electron chi connectivity index (χ0n) is 17.6. The highest BCUT2D eigenvalue weighted by Crippen LogP contribution is 2.31. The number of aromatic nitrogens is 3. The van der Waals surface area contributed by atoms with Gasteiger partial charge in [0, 0.05) is 18.8 Å². The molecule has 6 nitrogen and oxygen atoms in total. The first-order valence-electron chi connectivity index (χ1n) is 10.3. The van der Waals surface area contributed by atoms with Gasteiger partial charge in [-0.2, -0.15) is 0 Å². The first-order valence-corrected chi connectivity index (χ1v) is 10.3. The van der Waals surface area contributed by atoms with Crippen LogP contribution in [0.3, 0.4) is 0 Å². The number of carbonyl (C=O) groups is 1. The minimum Gasteiger partial charge on any atom is -0.426 e. The molecule has 152 valence electrons. The van der Waals surface area contributed by atoms with Crippen molar-refractivity contribution >= 4 is 22.8 Å². The lowest BCUT2D eigenvalue weighted by atomic mass is 9.97. The van der Waals surface area contributed by atoms with E-state index in [1.54, 1.807) is 0 Å². The second-order valence-electron chi connectivity index (χ2n) is 8.75. The number of carbonyl (C=O) groups excluding carboxylic acids is 1. The SMILES string of the molecule is Cc1nc(N2CCCCC2)c2[nH]c(-c3ccc(OC(=O)C(C)(C)C)cc3)cc2n1. The third-order valence-electron chi connectivity index (χ3n) is 5.21. The standard InChI is InChI=1S/C23H28N4O2/c1-15-24-19-14-18(26-20(19)21(25-15)27-12-6-5-7-13-27)16-8-10-17(11-9-16)29-22(28)23(2,3)4/h8-11,14,26H,5-7,12-13H2,1-4H3. The smallest absolute Gasteiger partial charge is 0.316 e. The minimum atomic E-state index is -0.531. The molecule has 0 unspecified atom stereocenters. The number of H-pyrrole nitrogens is 1. The highest BCUT2D eigenvalue weighted by molar-refractivity contribution is 5.91. The van der Waals surface area contributed by atoms with E-state index in [1.165, 1.54) is 19.3 Å². The summed E-state index contributed by atoms with van der Waals surface area (Å²) in [6.45, 7) is 9.55. The molecule has 1 fully saturated rings. The van der Waals surface area contributed by atoms with E-state index in [-0.39, 0.29) is 5.97 Å². The predicted molar refractivity (Wildman–Crippen MR) is 115 cm³/mol. The van der Waals surface area contributed by atoms with Crippen molar-refractivity contribution < 1.29 is 9.53 Å². The quantitative estimate of drug-likeness (QED) is 0.508. The second kappa shape index (κ2) is 7.50. The van der Waals surface area contributed by atoms with Crippen LogP contribution in [0.5, 0.6) is 5.75 Å². The molecule has 0 aliphatic carbocycles. The summed E-state index contributed by atoms with van der Waals surface area (Å²) in [6, 6.07) is 9.63. The van der Waals surface area contributed by atoms with Gasteiger partial charge < -0.3 is 14.6 Å². The number of aryl methyl sites for hydroxylation is 1. The van der Waals surface area contributed by atoms with Crippen molar-refractivity contribution in [3.8, 4) is 17.0 Å². The van der Waals surface area contributed by atoms with Crippen LogP contribution in [0.4, 0.5) is 5.82 Å². The van der Waals surface area contributed by atoms with Crippen molar-refractivity contribution in [2.45, 2.75) is 47.0 Å². The van der Waals surface area contributed by atoms with Crippen LogP contribution in [0.15, 0.2) is 30.3 Å². The maximum Gasteiger partial charge on any atom is 0.316 e. The Morgan fingerprint density at radius 3 is 2.41 bits per heavy atom. The Hall–Kier alpha value is -2.89. The van der Waals surface area contributed by atoms with Gasteiger partial charge in [0.1, 0.15) is 17.1 Å². The number of hydrogen-bond donors (Lipinski definition) is 1. The number of fused-ring (bicyclic) bond motifs is 1. The van der Waals surface area contributed by atoms with Crippen molar-refractivity contribution in [2.75, 3.05) is 18.0 Å². The molecule has 0 bridgehead atoms. The fraction of sp³-hybridized carbons (Fsp3) is 0.435. The first-order chi connectivity index (χ1) is 13.8. The normalized spacial score (nSPS) is 15.0. The van der Waals surface area contributed by atoms with Gasteiger partial charge in [-0.1, -0.05) is 0 Å². The fourth-order valence-electron chi connectivity index (χ4n) is 3.56. The van der Waals surface area contributed by atoms with Crippen LogP contribution >= 0.6 is 0 Å². The summed E-state index contributed by atoms with van der Waals surface area (Å²) in [5, 5.41) is 0. The van der Waals surface area contributed by atoms with E-state index >= 15 is 0 Å². The molecule has 0 saturated carbocycles. The average Bonchev–Trinajstić information content (AvgIpc) is 3.11. The largest absolute Gasteiger partial charge is 0.426 e. The number of anilines is 1. The summed E-state index contributed by atoms with van der Waals surface area (Å²) in [4.78, 5) is 27.3. The number of nitrogens with zero attached hydrogens (tertiary/aromatic N) is 3. The topological polar surface area (TPSA) is 71.1 Å². The molecule has 6 heteroatoms. The molecule has 4 rings (SSSR count). The summed E-state index contributed by atoms with van der Waals surface area (Å²) in [5.41, 5.74) is 3.37. The Morgan fingerprint density at radius 1 is 1.07 bits per heavy atom. The summed E-state index contributed by atoms with van der Waals surface area (Å²) < 4.78 is 5.46. The van der Waals surface area contributed by atoms with Crippen molar-refractivity contribution in [1.82, 2.24) is 15.0 Å². The van der Waals surface area contributed by atoms with Crippen LogP contribution in [-0.2, 0) is 4.79 Å². The minimum absolute atomic E-state index is 0.243. The van der Waals surface area contributed by atoms with Crippen molar-refractivity contribution in [3.05, 3.63) is 36.2 Å². The number of piperidine rings is 1. The molecule has 2 aromatic heterocycles. The number of esters is 1. The van der Waals surface area contributed by atoms with Crippen LogP contribution in [0.1, 0.15) is 45.9 Å². The molecule has 1 aliphatic rings. The molecule has 3 heterocycles. The molecule has 1 aliphatic heterocycles. The predicted octanol–water partition coefficient (Wildman–Crippen LogP) is 4.88. The van der Waals surface area contributed by atoms with Crippen molar-refractivity contribution in [1.29, 1.82) is 0 Å². The number of benzene rings is 1. The molecule has 3 aromatic rings. The number of aromatic amines is 1. The Morgan fingerprint density at radius 2 is 1.76 bits per heavy atom. The summed E-state index contributed by atoms with van der Waals surface area (Å²) in [6.07, 6.45) is 3.69. The number of ether oxygens (including phenoxy) is 1. The van der Waals surface area contributed by atoms with Gasteiger partial charge in [0.05, 0.1) is 10.9 Å². The van der Waals surface area contributed by atoms with Gasteiger partial charge in [-0.3, -0.25) is 4.79 Å². The van der Waals surface area contributed by atoms with E-state index in [1.807, 2.05) is 52.0 Å². The van der Waals surface area contributed by atoms with E-state index < -0.39 is 5.41 Å². The van der Waals surface area contributed by atoms with E-state index in [0.717, 1.165) is 47.0 Å². The maximum atomic E-state index is 12.1. The maximum absolute atomic E-state index is 12.1. The zero-order chi connectivity index (χ0) is 20.6. The molecule has 0 amide bonds. The van der Waals surface area contributed by atoms with Crippen LogP contribution in [-0.4, -0.2) is 34.0 Å². The highest BCUT2D eigenvalue weighted by atomic mass is 16.5. The Balaban J connectivity index is 1.63. The van der Waals surface area contributed by atoms with Crippen molar-refractivity contribution in [2.24, 2.45) is 5.41 Å². The average molecular weight is 393 g/mol. The molecule has 0 radical (unpaired) electrons. The van der Waals surface area contributed by atoms with Crippen LogP contribution in [0.2, 0.25) is 0 Å². The van der Waals surface area contributed by atoms with Crippen LogP contribution < -0.4 is 9.64 Å². The lowest BCUT2D eigenvalue weighted by molar-refractivity contribution is -0.142. The third kappa shape index (κ3) is 4.11. The molecular formula is C23H28N4O2. The van der Waals surface area contributed by atoms with Gasteiger partial charge in [-0.25, -0.2) is 9.97 Å². The van der Waals surface area contributed by atoms with Gasteiger partial charge in [0.25, 0.3) is 0 Å². The second-order valence-corrected chi connectivity index (χ2v) is 8.75. The molecule has 1 N–H and O–H groups in total. The van der Waals surface area contributed by atoms with Gasteiger partial charge in [-0.15, -0.1) is 0 Å².